The molecule has 0 saturated heterocycles. The minimum absolute atomic E-state index is 0.363. The number of hydrogen-bond acceptors (Lipinski definition) is 4. The molecule has 0 spiro atoms. The van der Waals surface area contributed by atoms with Crippen LogP contribution in [0.15, 0.2) is 0 Å². The predicted octanol–water partition coefficient (Wildman–Crippen LogP) is 2.18. The van der Waals surface area contributed by atoms with E-state index in [2.05, 4.69) is 15.3 Å². The number of aromatic nitrogens is 2. The molecule has 1 heterocycles. The van der Waals surface area contributed by atoms with Crippen molar-refractivity contribution in [2.45, 2.75) is 39.7 Å². The van der Waals surface area contributed by atoms with E-state index in [0.29, 0.717) is 29.8 Å². The van der Waals surface area contributed by atoms with Crippen molar-refractivity contribution < 1.29 is 5.11 Å². The van der Waals surface area contributed by atoms with Crippen LogP contribution in [0, 0.1) is 6.92 Å². The fourth-order valence-corrected chi connectivity index (χ4v) is 1.41. The lowest BCUT2D eigenvalue weighted by Crippen LogP contribution is -2.20. The number of rotatable bonds is 5. The van der Waals surface area contributed by atoms with E-state index in [4.69, 9.17) is 11.6 Å². The number of halogens is 1. The Labute approximate surface area is 101 Å². The van der Waals surface area contributed by atoms with E-state index in [1.54, 1.807) is 0 Å². The van der Waals surface area contributed by atoms with Crippen LogP contribution in [-0.4, -0.2) is 27.7 Å². The molecule has 2 N–H and O–H groups in total. The molecule has 0 radical (unpaired) electrons. The van der Waals surface area contributed by atoms with Gasteiger partial charge in [-0.05, 0) is 13.3 Å². The molecule has 0 aliphatic carbocycles. The van der Waals surface area contributed by atoms with Crippen LogP contribution in [0.2, 0.25) is 5.15 Å². The van der Waals surface area contributed by atoms with Gasteiger partial charge in [0.15, 0.2) is 0 Å². The highest BCUT2D eigenvalue weighted by Gasteiger charge is 2.09. The zero-order chi connectivity index (χ0) is 12.1. The first kappa shape index (κ1) is 13.2. The molecule has 0 aromatic carbocycles. The smallest absolute Gasteiger partial charge is 0.137 e. The lowest BCUT2D eigenvalue weighted by atomic mass is 10.2. The number of anilines is 1. The van der Waals surface area contributed by atoms with E-state index < -0.39 is 0 Å². The minimum Gasteiger partial charge on any atom is -0.391 e. The fourth-order valence-electron chi connectivity index (χ4n) is 1.22. The number of hydrogen-bond donors (Lipinski definition) is 2. The van der Waals surface area contributed by atoms with Crippen LogP contribution in [0.25, 0.3) is 0 Å². The molecule has 1 atom stereocenters. The Morgan fingerprint density at radius 1 is 1.38 bits per heavy atom. The zero-order valence-corrected chi connectivity index (χ0v) is 10.7. The Morgan fingerprint density at radius 2 is 2.06 bits per heavy atom. The van der Waals surface area contributed by atoms with E-state index in [1.807, 2.05) is 20.8 Å². The number of aryl methyl sites for hydroxylation is 1. The lowest BCUT2D eigenvalue weighted by molar-refractivity contribution is 0.183. The molecular weight excluding hydrogens is 226 g/mol. The van der Waals surface area contributed by atoms with Crippen LogP contribution in [0.3, 0.4) is 0 Å². The molecule has 1 aromatic heterocycles. The summed E-state index contributed by atoms with van der Waals surface area (Å²) in [6.45, 7) is 6.26. The largest absolute Gasteiger partial charge is 0.391 e. The first-order chi connectivity index (χ1) is 7.58. The van der Waals surface area contributed by atoms with Gasteiger partial charge in [-0.2, -0.15) is 0 Å². The van der Waals surface area contributed by atoms with Gasteiger partial charge < -0.3 is 10.4 Å². The predicted molar refractivity (Wildman–Crippen MR) is 65.9 cm³/mol. The third-order valence-corrected chi connectivity index (χ3v) is 2.79. The van der Waals surface area contributed by atoms with Gasteiger partial charge in [0.2, 0.25) is 0 Å². The molecule has 4 nitrogen and oxygen atoms in total. The van der Waals surface area contributed by atoms with Gasteiger partial charge >= 0.3 is 0 Å². The average molecular weight is 244 g/mol. The molecule has 0 bridgehead atoms. The van der Waals surface area contributed by atoms with Crippen LogP contribution in [0.1, 0.15) is 31.7 Å². The van der Waals surface area contributed by atoms with Crippen molar-refractivity contribution in [3.63, 3.8) is 0 Å². The molecule has 1 aromatic rings. The van der Waals surface area contributed by atoms with Gasteiger partial charge in [0, 0.05) is 18.5 Å². The molecule has 0 aliphatic rings. The number of aliphatic hydroxyl groups excluding tert-OH is 1. The second kappa shape index (κ2) is 6.01. The third kappa shape index (κ3) is 3.32. The maximum Gasteiger partial charge on any atom is 0.137 e. The highest BCUT2D eigenvalue weighted by molar-refractivity contribution is 6.30. The summed E-state index contributed by atoms with van der Waals surface area (Å²) in [5, 5.41) is 13.0. The first-order valence-electron chi connectivity index (χ1n) is 5.53. The summed E-state index contributed by atoms with van der Waals surface area (Å²) in [6, 6.07) is 0. The van der Waals surface area contributed by atoms with Gasteiger partial charge in [-0.3, -0.25) is 0 Å². The van der Waals surface area contributed by atoms with Crippen molar-refractivity contribution in [3.05, 3.63) is 16.5 Å². The maximum absolute atomic E-state index is 9.47. The first-order valence-corrected chi connectivity index (χ1v) is 5.91. The van der Waals surface area contributed by atoms with Gasteiger partial charge in [-0.15, -0.1) is 0 Å². The van der Waals surface area contributed by atoms with Crippen molar-refractivity contribution in [1.82, 2.24) is 9.97 Å². The summed E-state index contributed by atoms with van der Waals surface area (Å²) in [5.74, 6) is 1.42. The quantitative estimate of drug-likeness (QED) is 0.779. The third-order valence-electron chi connectivity index (χ3n) is 2.43. The molecule has 0 fully saturated rings. The van der Waals surface area contributed by atoms with Gasteiger partial charge in [0.1, 0.15) is 16.8 Å². The summed E-state index contributed by atoms with van der Waals surface area (Å²) in [5.41, 5.74) is 0.821. The highest BCUT2D eigenvalue weighted by Crippen LogP contribution is 2.19. The van der Waals surface area contributed by atoms with Gasteiger partial charge in [-0.1, -0.05) is 25.4 Å². The zero-order valence-electron chi connectivity index (χ0n) is 9.92. The molecule has 90 valence electrons. The van der Waals surface area contributed by atoms with Crippen LogP contribution < -0.4 is 5.32 Å². The second-order valence-corrected chi connectivity index (χ2v) is 4.06. The van der Waals surface area contributed by atoms with Gasteiger partial charge in [0.05, 0.1) is 6.10 Å². The van der Waals surface area contributed by atoms with Crippen molar-refractivity contribution in [3.8, 4) is 0 Å². The van der Waals surface area contributed by atoms with Crippen molar-refractivity contribution in [2.75, 3.05) is 11.9 Å². The van der Waals surface area contributed by atoms with Crippen LogP contribution in [0.4, 0.5) is 5.82 Å². The summed E-state index contributed by atoms with van der Waals surface area (Å²) < 4.78 is 0. The lowest BCUT2D eigenvalue weighted by Gasteiger charge is -2.13. The molecule has 0 saturated carbocycles. The normalized spacial score (nSPS) is 12.6. The van der Waals surface area contributed by atoms with Gasteiger partial charge in [-0.25, -0.2) is 9.97 Å². The van der Waals surface area contributed by atoms with E-state index in [9.17, 15) is 5.11 Å². The molecule has 1 unspecified atom stereocenters. The Hall–Kier alpha value is -0.870. The van der Waals surface area contributed by atoms with Crippen LogP contribution in [-0.2, 0) is 6.42 Å². The van der Waals surface area contributed by atoms with Crippen LogP contribution >= 0.6 is 11.6 Å². The van der Waals surface area contributed by atoms with Gasteiger partial charge in [0.25, 0.3) is 0 Å². The van der Waals surface area contributed by atoms with E-state index in [-0.39, 0.29) is 6.10 Å². The molecule has 16 heavy (non-hydrogen) atoms. The monoisotopic (exact) mass is 243 g/mol. The SMILES string of the molecule is CCc1nc(Cl)c(C)c(NCC(O)CC)n1. The standard InChI is InChI=1S/C11H18ClN3O/c1-4-8(16)6-13-11-7(3)10(12)14-9(5-2)15-11/h8,16H,4-6H2,1-3H3,(H,13,14,15). The molecule has 0 amide bonds. The second-order valence-electron chi connectivity index (χ2n) is 3.70. The van der Waals surface area contributed by atoms with E-state index in [0.717, 1.165) is 12.0 Å². The number of aliphatic hydroxyl groups is 1. The molecule has 5 heteroatoms. The number of nitrogens with zero attached hydrogens (tertiary/aromatic N) is 2. The van der Waals surface area contributed by atoms with Crippen molar-refractivity contribution >= 4 is 17.4 Å². The molecule has 0 aliphatic heterocycles. The Morgan fingerprint density at radius 3 is 2.62 bits per heavy atom. The highest BCUT2D eigenvalue weighted by atomic mass is 35.5. The van der Waals surface area contributed by atoms with Crippen LogP contribution in [0.5, 0.6) is 0 Å². The number of nitrogens with one attached hydrogen (secondary N) is 1. The Kier molecular flexibility index (Phi) is 4.96. The summed E-state index contributed by atoms with van der Waals surface area (Å²) in [7, 11) is 0. The van der Waals surface area contributed by atoms with E-state index in [1.165, 1.54) is 0 Å². The topological polar surface area (TPSA) is 58.0 Å². The Balaban J connectivity index is 2.82. The fraction of sp³-hybridized carbons (Fsp3) is 0.636. The maximum atomic E-state index is 9.47. The summed E-state index contributed by atoms with van der Waals surface area (Å²) in [6.07, 6.45) is 1.09. The molecule has 1 rings (SSSR count). The Bertz CT molecular complexity index is 357. The molecular formula is C11H18ClN3O. The van der Waals surface area contributed by atoms with E-state index >= 15 is 0 Å². The summed E-state index contributed by atoms with van der Waals surface area (Å²) >= 11 is 5.99. The van der Waals surface area contributed by atoms with Crippen molar-refractivity contribution in [1.29, 1.82) is 0 Å². The summed E-state index contributed by atoms with van der Waals surface area (Å²) in [4.78, 5) is 8.49. The van der Waals surface area contributed by atoms with Crippen molar-refractivity contribution in [2.24, 2.45) is 0 Å². The average Bonchev–Trinajstić information content (AvgIpc) is 2.30. The minimum atomic E-state index is -0.363.